The molecule has 1 aliphatic heterocycles. The summed E-state index contributed by atoms with van der Waals surface area (Å²) in [6.07, 6.45) is 3.91. The number of halogens is 1. The number of benzene rings is 2. The Morgan fingerprint density at radius 3 is 2.57 bits per heavy atom. The SMILES string of the molecule is CC(=O)N1C=Cc2ccccc2[C@H]1CC(=O)N(C)CCOc1ccc(Br)cc1. The molecule has 2 aromatic rings. The molecule has 1 atom stereocenters. The molecule has 0 fully saturated rings. The Morgan fingerprint density at radius 1 is 1.14 bits per heavy atom. The van der Waals surface area contributed by atoms with Crippen molar-refractivity contribution < 1.29 is 14.3 Å². The number of fused-ring (bicyclic) bond motifs is 1. The van der Waals surface area contributed by atoms with Gasteiger partial charge < -0.3 is 14.5 Å². The summed E-state index contributed by atoms with van der Waals surface area (Å²) in [5.74, 6) is 0.656. The first-order valence-electron chi connectivity index (χ1n) is 9.14. The summed E-state index contributed by atoms with van der Waals surface area (Å²) in [4.78, 5) is 28.1. The Kier molecular flexibility index (Phi) is 6.52. The van der Waals surface area contributed by atoms with Gasteiger partial charge in [0.05, 0.1) is 19.0 Å². The van der Waals surface area contributed by atoms with E-state index in [-0.39, 0.29) is 24.3 Å². The number of hydrogen-bond acceptors (Lipinski definition) is 3. The van der Waals surface area contributed by atoms with Crippen molar-refractivity contribution in [3.63, 3.8) is 0 Å². The summed E-state index contributed by atoms with van der Waals surface area (Å²) in [5, 5.41) is 0. The summed E-state index contributed by atoms with van der Waals surface area (Å²) in [5.41, 5.74) is 2.03. The zero-order chi connectivity index (χ0) is 20.1. The molecular weight excluding hydrogens is 420 g/mol. The first-order chi connectivity index (χ1) is 13.5. The van der Waals surface area contributed by atoms with Gasteiger partial charge in [0, 0.05) is 24.6 Å². The van der Waals surface area contributed by atoms with Crippen LogP contribution >= 0.6 is 15.9 Å². The van der Waals surface area contributed by atoms with E-state index in [1.165, 1.54) is 6.92 Å². The lowest BCUT2D eigenvalue weighted by Crippen LogP contribution is -2.37. The van der Waals surface area contributed by atoms with Gasteiger partial charge >= 0.3 is 0 Å². The van der Waals surface area contributed by atoms with Crippen molar-refractivity contribution in [2.45, 2.75) is 19.4 Å². The van der Waals surface area contributed by atoms with E-state index in [0.29, 0.717) is 13.2 Å². The molecule has 0 saturated heterocycles. The molecule has 146 valence electrons. The molecule has 6 heteroatoms. The Hall–Kier alpha value is -2.60. The number of carbonyl (C=O) groups is 2. The van der Waals surface area contributed by atoms with E-state index in [1.54, 1.807) is 23.0 Å². The molecule has 0 saturated carbocycles. The van der Waals surface area contributed by atoms with Crippen LogP contribution in [0.15, 0.2) is 59.2 Å². The monoisotopic (exact) mass is 442 g/mol. The number of hydrogen-bond donors (Lipinski definition) is 0. The van der Waals surface area contributed by atoms with Gasteiger partial charge in [-0.25, -0.2) is 0 Å². The number of likely N-dealkylation sites (N-methyl/N-ethyl adjacent to an activating group) is 1. The average molecular weight is 443 g/mol. The number of rotatable bonds is 6. The molecule has 2 amide bonds. The predicted octanol–water partition coefficient (Wildman–Crippen LogP) is 4.25. The van der Waals surface area contributed by atoms with Crippen LogP contribution in [0.5, 0.6) is 5.75 Å². The Labute approximate surface area is 173 Å². The molecule has 28 heavy (non-hydrogen) atoms. The zero-order valence-electron chi connectivity index (χ0n) is 16.0. The van der Waals surface area contributed by atoms with E-state index in [0.717, 1.165) is 21.3 Å². The van der Waals surface area contributed by atoms with E-state index < -0.39 is 0 Å². The first kappa shape index (κ1) is 20.1. The van der Waals surface area contributed by atoms with E-state index in [1.807, 2.05) is 54.6 Å². The largest absolute Gasteiger partial charge is 0.492 e. The van der Waals surface area contributed by atoms with Crippen LogP contribution in [0.4, 0.5) is 0 Å². The molecule has 0 unspecified atom stereocenters. The minimum Gasteiger partial charge on any atom is -0.492 e. The van der Waals surface area contributed by atoms with Gasteiger partial charge in [-0.05, 0) is 41.5 Å². The maximum Gasteiger partial charge on any atom is 0.224 e. The van der Waals surface area contributed by atoms with Gasteiger partial charge in [0.1, 0.15) is 12.4 Å². The minimum atomic E-state index is -0.291. The lowest BCUT2D eigenvalue weighted by Gasteiger charge is -2.33. The van der Waals surface area contributed by atoms with Crippen molar-refractivity contribution in [1.82, 2.24) is 9.80 Å². The van der Waals surface area contributed by atoms with Gasteiger partial charge in [-0.1, -0.05) is 40.2 Å². The third kappa shape index (κ3) is 4.81. The molecule has 0 aliphatic carbocycles. The van der Waals surface area contributed by atoms with Gasteiger partial charge in [-0.3, -0.25) is 9.59 Å². The highest BCUT2D eigenvalue weighted by atomic mass is 79.9. The van der Waals surface area contributed by atoms with Crippen LogP contribution in [0.1, 0.15) is 30.5 Å². The second-order valence-electron chi connectivity index (χ2n) is 6.71. The average Bonchev–Trinajstić information content (AvgIpc) is 2.69. The van der Waals surface area contributed by atoms with Gasteiger partial charge in [0.2, 0.25) is 11.8 Å². The van der Waals surface area contributed by atoms with Crippen LogP contribution in [0.2, 0.25) is 0 Å². The highest BCUT2D eigenvalue weighted by molar-refractivity contribution is 9.10. The number of ether oxygens (including phenoxy) is 1. The van der Waals surface area contributed by atoms with E-state index in [4.69, 9.17) is 4.74 Å². The molecule has 2 aromatic carbocycles. The minimum absolute atomic E-state index is 0.0271. The quantitative estimate of drug-likeness (QED) is 0.671. The van der Waals surface area contributed by atoms with Crippen LogP contribution < -0.4 is 4.74 Å². The third-order valence-corrected chi connectivity index (χ3v) is 5.30. The summed E-state index contributed by atoms with van der Waals surface area (Å²) in [6, 6.07) is 15.1. The van der Waals surface area contributed by atoms with Crippen molar-refractivity contribution in [3.05, 3.63) is 70.3 Å². The second kappa shape index (κ2) is 9.06. The van der Waals surface area contributed by atoms with Crippen molar-refractivity contribution in [3.8, 4) is 5.75 Å². The van der Waals surface area contributed by atoms with Gasteiger partial charge in [0.15, 0.2) is 0 Å². The van der Waals surface area contributed by atoms with Gasteiger partial charge in [0.25, 0.3) is 0 Å². The summed E-state index contributed by atoms with van der Waals surface area (Å²) in [6.45, 7) is 2.39. The van der Waals surface area contributed by atoms with Crippen LogP contribution in [0.25, 0.3) is 6.08 Å². The maximum atomic E-state index is 12.8. The van der Waals surface area contributed by atoms with E-state index in [2.05, 4.69) is 15.9 Å². The highest BCUT2D eigenvalue weighted by Crippen LogP contribution is 2.33. The summed E-state index contributed by atoms with van der Waals surface area (Å²) >= 11 is 3.39. The normalized spacial score (nSPS) is 15.1. The summed E-state index contributed by atoms with van der Waals surface area (Å²) < 4.78 is 6.69. The van der Waals surface area contributed by atoms with Crippen molar-refractivity contribution in [2.75, 3.05) is 20.2 Å². The summed E-state index contributed by atoms with van der Waals surface area (Å²) in [7, 11) is 1.76. The molecular formula is C22H23BrN2O3. The number of amides is 2. The van der Waals surface area contributed by atoms with Gasteiger partial charge in [-0.15, -0.1) is 0 Å². The standard InChI is InChI=1S/C22H23BrN2O3/c1-16(26)25-12-11-17-5-3-4-6-20(17)21(25)15-22(27)24(2)13-14-28-19-9-7-18(23)8-10-19/h3-12,21H,13-15H2,1-2H3/t21-/m1/s1. The fraction of sp³-hybridized carbons (Fsp3) is 0.273. The molecule has 5 nitrogen and oxygen atoms in total. The fourth-order valence-electron chi connectivity index (χ4n) is 3.19. The second-order valence-corrected chi connectivity index (χ2v) is 7.62. The molecule has 1 aliphatic rings. The van der Waals surface area contributed by atoms with Crippen molar-refractivity contribution in [2.24, 2.45) is 0 Å². The Morgan fingerprint density at radius 2 is 1.86 bits per heavy atom. The van der Waals surface area contributed by atoms with Crippen LogP contribution in [-0.2, 0) is 9.59 Å². The highest BCUT2D eigenvalue weighted by Gasteiger charge is 2.29. The lowest BCUT2D eigenvalue weighted by atomic mass is 9.93. The van der Waals surface area contributed by atoms with Crippen LogP contribution in [0.3, 0.4) is 0 Å². The topological polar surface area (TPSA) is 49.9 Å². The van der Waals surface area contributed by atoms with E-state index >= 15 is 0 Å². The molecule has 0 radical (unpaired) electrons. The first-order valence-corrected chi connectivity index (χ1v) is 9.93. The Bertz CT molecular complexity index is 880. The van der Waals surface area contributed by atoms with Crippen molar-refractivity contribution in [1.29, 1.82) is 0 Å². The Balaban J connectivity index is 1.61. The molecule has 0 aromatic heterocycles. The van der Waals surface area contributed by atoms with Gasteiger partial charge in [-0.2, -0.15) is 0 Å². The van der Waals surface area contributed by atoms with E-state index in [9.17, 15) is 9.59 Å². The third-order valence-electron chi connectivity index (χ3n) is 4.77. The predicted molar refractivity (Wildman–Crippen MR) is 113 cm³/mol. The maximum absolute atomic E-state index is 12.8. The molecule has 1 heterocycles. The lowest BCUT2D eigenvalue weighted by molar-refractivity contribution is -0.134. The molecule has 0 spiro atoms. The fourth-order valence-corrected chi connectivity index (χ4v) is 3.45. The zero-order valence-corrected chi connectivity index (χ0v) is 17.6. The number of nitrogens with zero attached hydrogens (tertiary/aromatic N) is 2. The smallest absolute Gasteiger partial charge is 0.224 e. The van der Waals surface area contributed by atoms with Crippen molar-refractivity contribution >= 4 is 33.8 Å². The van der Waals surface area contributed by atoms with Crippen LogP contribution in [0, 0.1) is 0 Å². The van der Waals surface area contributed by atoms with Crippen LogP contribution in [-0.4, -0.2) is 41.8 Å². The molecule has 3 rings (SSSR count). The number of carbonyl (C=O) groups excluding carboxylic acids is 2. The molecule has 0 N–H and O–H groups in total. The molecule has 0 bridgehead atoms.